The van der Waals surface area contributed by atoms with E-state index >= 15 is 0 Å². The van der Waals surface area contributed by atoms with Crippen LogP contribution in [0.2, 0.25) is 0 Å². The molecule has 110 valence electrons. The molecule has 0 spiro atoms. The lowest BCUT2D eigenvalue weighted by Gasteiger charge is -2.20. The number of aromatic nitrogens is 4. The SMILES string of the molecule is Cn1cc(/C=C/C(=O)c2cnc[nH]2)c(C2CCCCC2)n1. The highest BCUT2D eigenvalue weighted by molar-refractivity contribution is 6.05. The maximum atomic E-state index is 12.0. The molecule has 0 unspecified atom stereocenters. The van der Waals surface area contributed by atoms with Crippen molar-refractivity contribution in [1.82, 2.24) is 19.7 Å². The van der Waals surface area contributed by atoms with E-state index in [4.69, 9.17) is 0 Å². The molecule has 21 heavy (non-hydrogen) atoms. The molecule has 0 aliphatic heterocycles. The van der Waals surface area contributed by atoms with Crippen LogP contribution in [0.4, 0.5) is 0 Å². The predicted octanol–water partition coefficient (Wildman–Crippen LogP) is 3.09. The third-order valence-electron chi connectivity index (χ3n) is 4.06. The fourth-order valence-corrected chi connectivity index (χ4v) is 2.99. The highest BCUT2D eigenvalue weighted by Gasteiger charge is 2.20. The van der Waals surface area contributed by atoms with Gasteiger partial charge in [0.1, 0.15) is 5.69 Å². The molecule has 1 aliphatic carbocycles. The van der Waals surface area contributed by atoms with Gasteiger partial charge >= 0.3 is 0 Å². The lowest BCUT2D eigenvalue weighted by Crippen LogP contribution is -2.07. The Kier molecular flexibility index (Phi) is 3.99. The third kappa shape index (κ3) is 3.12. The van der Waals surface area contributed by atoms with Crippen LogP contribution in [-0.2, 0) is 7.05 Å². The largest absolute Gasteiger partial charge is 0.342 e. The van der Waals surface area contributed by atoms with E-state index in [1.165, 1.54) is 44.6 Å². The number of aromatic amines is 1. The van der Waals surface area contributed by atoms with E-state index in [0.29, 0.717) is 11.6 Å². The van der Waals surface area contributed by atoms with Crippen LogP contribution in [0.3, 0.4) is 0 Å². The number of carbonyl (C=O) groups is 1. The predicted molar refractivity (Wildman–Crippen MR) is 81.0 cm³/mol. The van der Waals surface area contributed by atoms with Crippen molar-refractivity contribution < 1.29 is 4.79 Å². The van der Waals surface area contributed by atoms with Gasteiger partial charge in [-0.1, -0.05) is 19.3 Å². The maximum Gasteiger partial charge on any atom is 0.203 e. The third-order valence-corrected chi connectivity index (χ3v) is 4.06. The average Bonchev–Trinajstić information content (AvgIpc) is 3.15. The Morgan fingerprint density at radius 3 is 2.90 bits per heavy atom. The zero-order chi connectivity index (χ0) is 14.7. The Morgan fingerprint density at radius 1 is 1.38 bits per heavy atom. The minimum Gasteiger partial charge on any atom is -0.342 e. The number of rotatable bonds is 4. The second-order valence-corrected chi connectivity index (χ2v) is 5.64. The van der Waals surface area contributed by atoms with E-state index in [1.807, 2.05) is 24.0 Å². The van der Waals surface area contributed by atoms with Gasteiger partial charge in [-0.3, -0.25) is 9.48 Å². The Morgan fingerprint density at radius 2 is 2.19 bits per heavy atom. The minimum absolute atomic E-state index is 0.0639. The molecule has 1 saturated carbocycles. The number of ketones is 1. The van der Waals surface area contributed by atoms with E-state index in [0.717, 1.165) is 11.3 Å². The zero-order valence-corrected chi connectivity index (χ0v) is 12.2. The molecule has 3 rings (SSSR count). The van der Waals surface area contributed by atoms with Crippen LogP contribution in [0.1, 0.15) is 59.8 Å². The van der Waals surface area contributed by atoms with Gasteiger partial charge in [-0.05, 0) is 25.0 Å². The van der Waals surface area contributed by atoms with Crippen LogP contribution >= 0.6 is 0 Å². The first-order valence-electron chi connectivity index (χ1n) is 7.48. The smallest absolute Gasteiger partial charge is 0.203 e. The highest BCUT2D eigenvalue weighted by atomic mass is 16.1. The summed E-state index contributed by atoms with van der Waals surface area (Å²) in [6, 6.07) is 0. The molecular weight excluding hydrogens is 264 g/mol. The van der Waals surface area contributed by atoms with Crippen molar-refractivity contribution in [2.75, 3.05) is 0 Å². The van der Waals surface area contributed by atoms with Gasteiger partial charge in [-0.15, -0.1) is 0 Å². The summed E-state index contributed by atoms with van der Waals surface area (Å²) < 4.78 is 1.84. The fourth-order valence-electron chi connectivity index (χ4n) is 2.99. The first kappa shape index (κ1) is 13.8. The summed E-state index contributed by atoms with van der Waals surface area (Å²) in [4.78, 5) is 18.7. The Balaban J connectivity index is 1.80. The second kappa shape index (κ2) is 6.08. The number of nitrogens with one attached hydrogen (secondary N) is 1. The highest BCUT2D eigenvalue weighted by Crippen LogP contribution is 2.33. The van der Waals surface area contributed by atoms with E-state index in [2.05, 4.69) is 15.1 Å². The van der Waals surface area contributed by atoms with Crippen LogP contribution < -0.4 is 0 Å². The Labute approximate surface area is 124 Å². The maximum absolute atomic E-state index is 12.0. The summed E-state index contributed by atoms with van der Waals surface area (Å²) in [6.07, 6.45) is 14.8. The number of imidazole rings is 1. The van der Waals surface area contributed by atoms with Gasteiger partial charge in [-0.2, -0.15) is 5.10 Å². The molecular formula is C16H20N4O. The molecule has 0 bridgehead atoms. The van der Waals surface area contributed by atoms with Crippen molar-refractivity contribution in [2.45, 2.75) is 38.0 Å². The molecule has 0 aromatic carbocycles. The van der Waals surface area contributed by atoms with E-state index in [9.17, 15) is 4.79 Å². The van der Waals surface area contributed by atoms with Crippen LogP contribution in [0.15, 0.2) is 24.8 Å². The van der Waals surface area contributed by atoms with Gasteiger partial charge in [0.15, 0.2) is 0 Å². The van der Waals surface area contributed by atoms with Crippen molar-refractivity contribution in [3.8, 4) is 0 Å². The molecule has 1 fully saturated rings. The zero-order valence-electron chi connectivity index (χ0n) is 12.2. The summed E-state index contributed by atoms with van der Waals surface area (Å²) in [5.41, 5.74) is 2.69. The Hall–Kier alpha value is -2.17. The summed E-state index contributed by atoms with van der Waals surface area (Å²) in [5.74, 6) is 0.466. The molecule has 0 saturated heterocycles. The van der Waals surface area contributed by atoms with Gasteiger partial charge in [0.2, 0.25) is 5.78 Å². The van der Waals surface area contributed by atoms with Gasteiger partial charge in [0.05, 0.1) is 18.2 Å². The fraction of sp³-hybridized carbons (Fsp3) is 0.438. The lowest BCUT2D eigenvalue weighted by molar-refractivity contribution is 0.104. The molecule has 0 radical (unpaired) electrons. The molecule has 2 aromatic rings. The molecule has 2 aromatic heterocycles. The summed E-state index contributed by atoms with van der Waals surface area (Å²) in [5, 5.41) is 4.61. The molecule has 1 aliphatic rings. The second-order valence-electron chi connectivity index (χ2n) is 5.64. The van der Waals surface area contributed by atoms with E-state index in [1.54, 1.807) is 6.08 Å². The van der Waals surface area contributed by atoms with Crippen molar-refractivity contribution in [1.29, 1.82) is 0 Å². The van der Waals surface area contributed by atoms with Gasteiger partial charge < -0.3 is 4.98 Å². The van der Waals surface area contributed by atoms with Crippen molar-refractivity contribution in [3.05, 3.63) is 41.7 Å². The standard InChI is InChI=1S/C16H20N4O/c1-20-10-13(7-8-15(21)14-9-17-11-18-14)16(19-20)12-5-3-2-4-6-12/h7-12H,2-6H2,1H3,(H,17,18)/b8-7+. The van der Waals surface area contributed by atoms with Crippen LogP contribution in [0, 0.1) is 0 Å². The normalized spacial score (nSPS) is 16.6. The molecule has 0 amide bonds. The van der Waals surface area contributed by atoms with Gasteiger partial charge in [0.25, 0.3) is 0 Å². The van der Waals surface area contributed by atoms with E-state index < -0.39 is 0 Å². The number of hydrogen-bond acceptors (Lipinski definition) is 3. The first-order chi connectivity index (χ1) is 10.2. The molecule has 5 nitrogen and oxygen atoms in total. The van der Waals surface area contributed by atoms with Gasteiger partial charge in [-0.25, -0.2) is 4.98 Å². The number of aryl methyl sites for hydroxylation is 1. The number of allylic oxidation sites excluding steroid dienone is 1. The quantitative estimate of drug-likeness (QED) is 0.693. The first-order valence-corrected chi connectivity index (χ1v) is 7.48. The number of nitrogens with zero attached hydrogens (tertiary/aromatic N) is 3. The number of H-pyrrole nitrogens is 1. The Bertz CT molecular complexity index is 633. The monoisotopic (exact) mass is 284 g/mol. The number of carbonyl (C=O) groups excluding carboxylic acids is 1. The summed E-state index contributed by atoms with van der Waals surface area (Å²) in [6.45, 7) is 0. The molecule has 2 heterocycles. The van der Waals surface area contributed by atoms with Crippen LogP contribution in [0.5, 0.6) is 0 Å². The van der Waals surface area contributed by atoms with Crippen molar-refractivity contribution in [3.63, 3.8) is 0 Å². The summed E-state index contributed by atoms with van der Waals surface area (Å²) in [7, 11) is 1.93. The van der Waals surface area contributed by atoms with Crippen molar-refractivity contribution >= 4 is 11.9 Å². The molecule has 0 atom stereocenters. The lowest BCUT2D eigenvalue weighted by atomic mass is 9.85. The average molecular weight is 284 g/mol. The molecule has 1 N–H and O–H groups in total. The minimum atomic E-state index is -0.0639. The van der Waals surface area contributed by atoms with Gasteiger partial charge in [0, 0.05) is 24.7 Å². The van der Waals surface area contributed by atoms with Crippen LogP contribution in [-0.4, -0.2) is 25.5 Å². The number of hydrogen-bond donors (Lipinski definition) is 1. The summed E-state index contributed by atoms with van der Waals surface area (Å²) >= 11 is 0. The van der Waals surface area contributed by atoms with Crippen LogP contribution in [0.25, 0.3) is 6.08 Å². The molecule has 5 heteroatoms. The van der Waals surface area contributed by atoms with E-state index in [-0.39, 0.29) is 5.78 Å². The topological polar surface area (TPSA) is 63.6 Å². The van der Waals surface area contributed by atoms with Crippen molar-refractivity contribution in [2.24, 2.45) is 7.05 Å².